The van der Waals surface area contributed by atoms with E-state index >= 15 is 0 Å². The van der Waals surface area contributed by atoms with E-state index in [1.165, 1.54) is 0 Å². The molecule has 2 amide bonds. The molecule has 9 nitrogen and oxygen atoms in total. The van der Waals surface area contributed by atoms with Gasteiger partial charge in [0.1, 0.15) is 11.8 Å². The highest BCUT2D eigenvalue weighted by Crippen LogP contribution is 2.30. The Kier molecular flexibility index (Phi) is 10.1. The Hall–Kier alpha value is -3.66. The highest BCUT2D eigenvalue weighted by atomic mass is 32.2. The van der Waals surface area contributed by atoms with Crippen molar-refractivity contribution in [1.29, 1.82) is 0 Å². The van der Waals surface area contributed by atoms with Gasteiger partial charge in [0.05, 0.1) is 4.90 Å². The smallest absolute Gasteiger partial charge is 0.263 e. The summed E-state index contributed by atoms with van der Waals surface area (Å²) < 4.78 is 34.3. The summed E-state index contributed by atoms with van der Waals surface area (Å²) in [6.07, 6.45) is 1.02. The van der Waals surface area contributed by atoms with Crippen molar-refractivity contribution in [2.45, 2.75) is 84.8 Å². The van der Waals surface area contributed by atoms with Crippen LogP contribution in [-0.4, -0.2) is 42.4 Å². The highest BCUT2D eigenvalue weighted by molar-refractivity contribution is 7.92. The molecule has 216 valence electrons. The van der Waals surface area contributed by atoms with Crippen molar-refractivity contribution in [2.75, 3.05) is 4.72 Å². The molecular weight excluding hydrogens is 528 g/mol. The summed E-state index contributed by atoms with van der Waals surface area (Å²) in [5, 5.41) is 6.78. The molecule has 1 aromatic heterocycles. The van der Waals surface area contributed by atoms with E-state index in [9.17, 15) is 18.0 Å². The van der Waals surface area contributed by atoms with Gasteiger partial charge in [-0.15, -0.1) is 0 Å². The van der Waals surface area contributed by atoms with Crippen LogP contribution in [0.5, 0.6) is 0 Å². The van der Waals surface area contributed by atoms with Crippen molar-refractivity contribution in [3.8, 4) is 11.1 Å². The molecular formula is C30H40N4O5S. The Morgan fingerprint density at radius 1 is 1.00 bits per heavy atom. The number of benzene rings is 2. The van der Waals surface area contributed by atoms with E-state index in [2.05, 4.69) is 15.2 Å². The molecule has 0 fully saturated rings. The minimum atomic E-state index is -3.96. The molecule has 2 aromatic carbocycles. The lowest BCUT2D eigenvalue weighted by atomic mass is 9.98. The topological polar surface area (TPSA) is 122 Å². The zero-order valence-electron chi connectivity index (χ0n) is 24.3. The van der Waals surface area contributed by atoms with Crippen LogP contribution in [0.15, 0.2) is 57.9 Å². The zero-order chi connectivity index (χ0) is 29.6. The molecule has 40 heavy (non-hydrogen) atoms. The monoisotopic (exact) mass is 568 g/mol. The highest BCUT2D eigenvalue weighted by Gasteiger charge is 2.32. The van der Waals surface area contributed by atoms with Gasteiger partial charge < -0.3 is 14.7 Å². The summed E-state index contributed by atoms with van der Waals surface area (Å²) in [5.41, 5.74) is 2.68. The van der Waals surface area contributed by atoms with Crippen LogP contribution in [0, 0.1) is 19.8 Å². The summed E-state index contributed by atoms with van der Waals surface area (Å²) >= 11 is 0. The van der Waals surface area contributed by atoms with Crippen molar-refractivity contribution in [3.63, 3.8) is 0 Å². The molecule has 10 heteroatoms. The van der Waals surface area contributed by atoms with E-state index in [1.807, 2.05) is 58.9 Å². The normalized spacial score (nSPS) is 12.4. The Bertz CT molecular complexity index is 1430. The molecule has 0 unspecified atom stereocenters. The molecule has 0 aliphatic rings. The third kappa shape index (κ3) is 7.29. The Morgan fingerprint density at radius 3 is 2.20 bits per heavy atom. The van der Waals surface area contributed by atoms with Gasteiger partial charge in [-0.3, -0.25) is 14.3 Å². The van der Waals surface area contributed by atoms with E-state index in [1.54, 1.807) is 43.0 Å². The van der Waals surface area contributed by atoms with Crippen LogP contribution in [0.4, 0.5) is 5.82 Å². The molecule has 1 heterocycles. The Labute approximate surface area is 237 Å². The summed E-state index contributed by atoms with van der Waals surface area (Å²) in [6, 6.07) is 13.5. The number of amides is 2. The maximum atomic E-state index is 13.3. The van der Waals surface area contributed by atoms with Gasteiger partial charge in [0.2, 0.25) is 11.8 Å². The quantitative estimate of drug-likeness (QED) is 0.300. The summed E-state index contributed by atoms with van der Waals surface area (Å²) in [5.74, 6) is 0.357. The van der Waals surface area contributed by atoms with Crippen LogP contribution < -0.4 is 10.0 Å². The fraction of sp³-hybridized carbons (Fsp3) is 0.433. The van der Waals surface area contributed by atoms with Gasteiger partial charge in [-0.1, -0.05) is 68.4 Å². The van der Waals surface area contributed by atoms with Crippen LogP contribution in [0.1, 0.15) is 64.3 Å². The first kappa shape index (κ1) is 30.9. The first-order chi connectivity index (χ1) is 18.9. The summed E-state index contributed by atoms with van der Waals surface area (Å²) in [4.78, 5) is 28.0. The SMILES string of the molecule is CCCC(=O)N(Cc1ccc(-c2ccccc2S(=O)(=O)Nc2noc(C)c2C)cc1)[C@H](C(=O)NC(C)C)C(C)C. The van der Waals surface area contributed by atoms with E-state index < -0.39 is 16.1 Å². The predicted molar refractivity (Wildman–Crippen MR) is 156 cm³/mol. The van der Waals surface area contributed by atoms with Gasteiger partial charge in [0.25, 0.3) is 10.0 Å². The second-order valence-electron chi connectivity index (χ2n) is 10.6. The van der Waals surface area contributed by atoms with Gasteiger partial charge in [-0.25, -0.2) is 8.42 Å². The number of carbonyl (C=O) groups is 2. The average Bonchev–Trinajstić information content (AvgIpc) is 3.20. The third-order valence-corrected chi connectivity index (χ3v) is 8.03. The maximum Gasteiger partial charge on any atom is 0.263 e. The van der Waals surface area contributed by atoms with Crippen molar-refractivity contribution >= 4 is 27.7 Å². The van der Waals surface area contributed by atoms with E-state index in [0.717, 1.165) is 5.56 Å². The molecule has 0 aliphatic carbocycles. The minimum absolute atomic E-state index is 0.0424. The molecule has 3 rings (SSSR count). The number of anilines is 1. The molecule has 2 N–H and O–H groups in total. The number of aromatic nitrogens is 1. The second-order valence-corrected chi connectivity index (χ2v) is 12.3. The molecule has 0 aliphatic heterocycles. The van der Waals surface area contributed by atoms with E-state index in [4.69, 9.17) is 4.52 Å². The molecule has 0 saturated carbocycles. The number of nitrogens with one attached hydrogen (secondary N) is 2. The zero-order valence-corrected chi connectivity index (χ0v) is 25.1. The van der Waals surface area contributed by atoms with E-state index in [-0.39, 0.29) is 41.0 Å². The van der Waals surface area contributed by atoms with Gasteiger partial charge >= 0.3 is 0 Å². The van der Waals surface area contributed by atoms with Gasteiger partial charge in [-0.05, 0) is 57.2 Å². The molecule has 1 atom stereocenters. The molecule has 0 bridgehead atoms. The number of rotatable bonds is 12. The standard InChI is InChI=1S/C30H40N4O5S/c1-8-11-27(35)34(28(19(2)3)30(36)31-20(4)5)18-23-14-16-24(17-15-23)25-12-9-10-13-26(25)40(37,38)33-29-21(6)22(7)39-32-29/h9-10,12-17,19-20,28H,8,11,18H2,1-7H3,(H,31,36)(H,32,33)/t28-/m0/s1. The molecule has 3 aromatic rings. The van der Waals surface area contributed by atoms with Crippen LogP contribution in [-0.2, 0) is 26.2 Å². The predicted octanol–water partition coefficient (Wildman–Crippen LogP) is 5.44. The minimum Gasteiger partial charge on any atom is -0.359 e. The Balaban J connectivity index is 1.92. The lowest BCUT2D eigenvalue weighted by molar-refractivity contribution is -0.143. The first-order valence-corrected chi connectivity index (χ1v) is 15.1. The summed E-state index contributed by atoms with van der Waals surface area (Å²) in [6.45, 7) is 13.3. The third-order valence-electron chi connectivity index (χ3n) is 6.63. The van der Waals surface area contributed by atoms with Crippen molar-refractivity contribution < 1.29 is 22.5 Å². The van der Waals surface area contributed by atoms with Crippen LogP contribution >= 0.6 is 0 Å². The fourth-order valence-corrected chi connectivity index (χ4v) is 5.78. The Morgan fingerprint density at radius 2 is 1.65 bits per heavy atom. The molecule has 0 radical (unpaired) electrons. The number of hydrogen-bond acceptors (Lipinski definition) is 6. The van der Waals surface area contributed by atoms with Crippen LogP contribution in [0.25, 0.3) is 11.1 Å². The number of sulfonamides is 1. The summed E-state index contributed by atoms with van der Waals surface area (Å²) in [7, 11) is -3.96. The van der Waals surface area contributed by atoms with E-state index in [0.29, 0.717) is 35.3 Å². The number of aryl methyl sites for hydroxylation is 1. The number of nitrogens with zero attached hydrogens (tertiary/aromatic N) is 2. The lowest BCUT2D eigenvalue weighted by Gasteiger charge is -2.34. The van der Waals surface area contributed by atoms with Crippen molar-refractivity contribution in [1.82, 2.24) is 15.4 Å². The number of hydrogen-bond donors (Lipinski definition) is 2. The first-order valence-electron chi connectivity index (χ1n) is 13.6. The lowest BCUT2D eigenvalue weighted by Crippen LogP contribution is -2.53. The number of carbonyl (C=O) groups excluding carboxylic acids is 2. The van der Waals surface area contributed by atoms with Gasteiger partial charge in [0.15, 0.2) is 5.82 Å². The van der Waals surface area contributed by atoms with Crippen molar-refractivity contribution in [3.05, 3.63) is 65.4 Å². The molecule has 0 saturated heterocycles. The van der Waals surface area contributed by atoms with Gasteiger partial charge in [-0.2, -0.15) is 0 Å². The van der Waals surface area contributed by atoms with Crippen molar-refractivity contribution in [2.24, 2.45) is 5.92 Å². The van der Waals surface area contributed by atoms with Crippen LogP contribution in [0.2, 0.25) is 0 Å². The van der Waals surface area contributed by atoms with Crippen LogP contribution in [0.3, 0.4) is 0 Å². The molecule has 0 spiro atoms. The largest absolute Gasteiger partial charge is 0.359 e. The second kappa shape index (κ2) is 13.1. The maximum absolute atomic E-state index is 13.3. The fourth-order valence-electron chi connectivity index (χ4n) is 4.49. The average molecular weight is 569 g/mol. The van der Waals surface area contributed by atoms with Gasteiger partial charge in [0, 0.05) is 30.1 Å².